The zero-order chi connectivity index (χ0) is 22.8. The predicted octanol–water partition coefficient (Wildman–Crippen LogP) is 5.42. The van der Waals surface area contributed by atoms with Crippen LogP contribution in [0.5, 0.6) is 0 Å². The second kappa shape index (κ2) is 8.67. The number of aromatic amines is 1. The van der Waals surface area contributed by atoms with Gasteiger partial charge < -0.3 is 20.1 Å². The van der Waals surface area contributed by atoms with E-state index in [4.69, 9.17) is 9.84 Å². The average Bonchev–Trinajstić information content (AvgIpc) is 3.40. The maximum absolute atomic E-state index is 12.2. The van der Waals surface area contributed by atoms with Gasteiger partial charge in [0.05, 0.1) is 0 Å². The lowest BCUT2D eigenvalue weighted by Crippen LogP contribution is -2.26. The number of alkyl carbamates (subject to hydrolysis) is 1. The molecule has 0 radical (unpaired) electrons. The van der Waals surface area contributed by atoms with Crippen molar-refractivity contribution in [3.8, 4) is 11.1 Å². The molecule has 164 valence electrons. The summed E-state index contributed by atoms with van der Waals surface area (Å²) < 4.78 is 5.53. The van der Waals surface area contributed by atoms with Crippen LogP contribution in [0.15, 0.2) is 78.9 Å². The SMILES string of the molecule is O=C(NCC=Cc1ccc2cc(C(=O)O)[nH]c2c1)OCC1c2ccccc2-c2ccccc21. The van der Waals surface area contributed by atoms with Crippen molar-refractivity contribution in [2.45, 2.75) is 5.92 Å². The van der Waals surface area contributed by atoms with E-state index in [0.29, 0.717) is 6.54 Å². The number of benzene rings is 3. The van der Waals surface area contributed by atoms with Crippen molar-refractivity contribution in [2.24, 2.45) is 0 Å². The van der Waals surface area contributed by atoms with Crippen LogP contribution in [0.4, 0.5) is 4.79 Å². The van der Waals surface area contributed by atoms with E-state index in [0.717, 1.165) is 16.5 Å². The summed E-state index contributed by atoms with van der Waals surface area (Å²) in [6.45, 7) is 0.596. The van der Waals surface area contributed by atoms with Gasteiger partial charge in [0.2, 0.25) is 0 Å². The van der Waals surface area contributed by atoms with E-state index in [1.807, 2.05) is 54.6 Å². The Hall–Kier alpha value is -4.32. The van der Waals surface area contributed by atoms with Gasteiger partial charge in [-0.3, -0.25) is 0 Å². The summed E-state index contributed by atoms with van der Waals surface area (Å²) in [5, 5.41) is 12.7. The van der Waals surface area contributed by atoms with Gasteiger partial charge in [-0.2, -0.15) is 0 Å². The molecule has 0 unspecified atom stereocenters. The zero-order valence-electron chi connectivity index (χ0n) is 17.7. The van der Waals surface area contributed by atoms with E-state index in [1.54, 1.807) is 6.07 Å². The highest BCUT2D eigenvalue weighted by molar-refractivity contribution is 5.94. The van der Waals surface area contributed by atoms with Crippen molar-refractivity contribution in [1.82, 2.24) is 10.3 Å². The number of carboxylic acid groups (broad SMARTS) is 1. The van der Waals surface area contributed by atoms with Gasteiger partial charge in [-0.15, -0.1) is 0 Å². The van der Waals surface area contributed by atoms with E-state index in [-0.39, 0.29) is 18.2 Å². The monoisotopic (exact) mass is 438 g/mol. The first-order valence-corrected chi connectivity index (χ1v) is 10.7. The molecule has 0 saturated carbocycles. The molecule has 1 aromatic heterocycles. The Morgan fingerprint density at radius 3 is 2.36 bits per heavy atom. The Kier molecular flexibility index (Phi) is 5.40. The molecule has 0 spiro atoms. The minimum atomic E-state index is -0.990. The van der Waals surface area contributed by atoms with Crippen LogP contribution >= 0.6 is 0 Å². The molecule has 0 atom stereocenters. The number of rotatable bonds is 6. The normalized spacial score (nSPS) is 12.6. The fourth-order valence-electron chi connectivity index (χ4n) is 4.35. The first-order chi connectivity index (χ1) is 16.1. The van der Waals surface area contributed by atoms with Crippen molar-refractivity contribution < 1.29 is 19.4 Å². The summed E-state index contributed by atoms with van der Waals surface area (Å²) in [5.41, 5.74) is 6.55. The number of hydrogen-bond acceptors (Lipinski definition) is 3. The lowest BCUT2D eigenvalue weighted by Gasteiger charge is -2.14. The highest BCUT2D eigenvalue weighted by atomic mass is 16.5. The average molecular weight is 438 g/mol. The van der Waals surface area contributed by atoms with Crippen LogP contribution < -0.4 is 5.32 Å². The van der Waals surface area contributed by atoms with Crippen LogP contribution in [-0.2, 0) is 4.74 Å². The van der Waals surface area contributed by atoms with E-state index < -0.39 is 12.1 Å². The number of carboxylic acids is 1. The Balaban J connectivity index is 1.17. The number of H-pyrrole nitrogens is 1. The molecule has 3 aromatic carbocycles. The molecule has 0 bridgehead atoms. The quantitative estimate of drug-likeness (QED) is 0.375. The van der Waals surface area contributed by atoms with Gasteiger partial charge in [-0.1, -0.05) is 72.8 Å². The summed E-state index contributed by atoms with van der Waals surface area (Å²) in [6, 6.07) is 23.7. The van der Waals surface area contributed by atoms with Crippen molar-refractivity contribution in [3.63, 3.8) is 0 Å². The summed E-state index contributed by atoms with van der Waals surface area (Å²) in [5.74, 6) is -0.961. The summed E-state index contributed by atoms with van der Waals surface area (Å²) >= 11 is 0. The molecule has 6 heteroatoms. The maximum atomic E-state index is 12.2. The molecule has 1 aliphatic carbocycles. The van der Waals surface area contributed by atoms with Gasteiger partial charge in [0.15, 0.2) is 0 Å². The third-order valence-corrected chi connectivity index (χ3v) is 5.90. The minimum Gasteiger partial charge on any atom is -0.477 e. The maximum Gasteiger partial charge on any atom is 0.407 e. The number of aromatic nitrogens is 1. The van der Waals surface area contributed by atoms with Gasteiger partial charge in [0.1, 0.15) is 12.3 Å². The fraction of sp³-hybridized carbons (Fsp3) is 0.111. The summed E-state index contributed by atoms with van der Waals surface area (Å²) in [4.78, 5) is 26.2. The van der Waals surface area contributed by atoms with Gasteiger partial charge >= 0.3 is 12.1 Å². The van der Waals surface area contributed by atoms with Gasteiger partial charge in [-0.25, -0.2) is 9.59 Å². The molecule has 33 heavy (non-hydrogen) atoms. The lowest BCUT2D eigenvalue weighted by molar-refractivity contribution is 0.0691. The molecule has 0 saturated heterocycles. The Bertz CT molecular complexity index is 1340. The zero-order valence-corrected chi connectivity index (χ0v) is 17.7. The van der Waals surface area contributed by atoms with Crippen molar-refractivity contribution >= 4 is 29.0 Å². The van der Waals surface area contributed by atoms with Crippen LogP contribution in [0.1, 0.15) is 33.1 Å². The van der Waals surface area contributed by atoms with E-state index in [9.17, 15) is 9.59 Å². The topological polar surface area (TPSA) is 91.4 Å². The van der Waals surface area contributed by atoms with Crippen LogP contribution in [-0.4, -0.2) is 35.3 Å². The molecule has 3 N–H and O–H groups in total. The fourth-order valence-corrected chi connectivity index (χ4v) is 4.35. The van der Waals surface area contributed by atoms with Crippen LogP contribution in [0, 0.1) is 0 Å². The third kappa shape index (κ3) is 4.11. The number of hydrogen-bond donors (Lipinski definition) is 3. The standard InChI is InChI=1S/C27H22N2O4/c30-26(31)25-15-18-12-11-17(14-24(18)29-25)6-5-13-28-27(32)33-16-23-21-9-3-1-7-19(21)20-8-2-4-10-22(20)23/h1-12,14-15,23,29H,13,16H2,(H,28,32)(H,30,31). The number of carbonyl (C=O) groups is 2. The van der Waals surface area contributed by atoms with Crippen LogP contribution in [0.25, 0.3) is 28.1 Å². The van der Waals surface area contributed by atoms with Crippen LogP contribution in [0.2, 0.25) is 0 Å². The number of aromatic carboxylic acids is 1. The first kappa shape index (κ1) is 20.6. The minimum absolute atomic E-state index is 0.0295. The summed E-state index contributed by atoms with van der Waals surface area (Å²) in [7, 11) is 0. The molecule has 6 nitrogen and oxygen atoms in total. The number of carbonyl (C=O) groups excluding carboxylic acids is 1. The molecule has 0 fully saturated rings. The number of ether oxygens (including phenoxy) is 1. The van der Waals surface area contributed by atoms with Crippen molar-refractivity contribution in [2.75, 3.05) is 13.2 Å². The van der Waals surface area contributed by atoms with Crippen molar-refractivity contribution in [1.29, 1.82) is 0 Å². The summed E-state index contributed by atoms with van der Waals surface area (Å²) in [6.07, 6.45) is 3.22. The predicted molar refractivity (Wildman–Crippen MR) is 127 cm³/mol. The molecule has 1 amide bonds. The van der Waals surface area contributed by atoms with Gasteiger partial charge in [0, 0.05) is 23.4 Å². The second-order valence-electron chi connectivity index (χ2n) is 7.94. The number of nitrogens with one attached hydrogen (secondary N) is 2. The third-order valence-electron chi connectivity index (χ3n) is 5.90. The van der Waals surface area contributed by atoms with E-state index in [1.165, 1.54) is 22.3 Å². The molecule has 0 aliphatic heterocycles. The van der Waals surface area contributed by atoms with Crippen LogP contribution in [0.3, 0.4) is 0 Å². The smallest absolute Gasteiger partial charge is 0.407 e. The van der Waals surface area contributed by atoms with Gasteiger partial charge in [0.25, 0.3) is 0 Å². The molecular formula is C27H22N2O4. The first-order valence-electron chi connectivity index (χ1n) is 10.7. The molecule has 1 heterocycles. The lowest BCUT2D eigenvalue weighted by atomic mass is 9.98. The highest BCUT2D eigenvalue weighted by Crippen LogP contribution is 2.44. The van der Waals surface area contributed by atoms with Gasteiger partial charge in [-0.05, 0) is 39.9 Å². The number of fused-ring (bicyclic) bond motifs is 4. The molecular weight excluding hydrogens is 416 g/mol. The Morgan fingerprint density at radius 2 is 1.67 bits per heavy atom. The molecule has 4 aromatic rings. The number of amides is 1. The molecule has 1 aliphatic rings. The van der Waals surface area contributed by atoms with Crippen molar-refractivity contribution in [3.05, 3.63) is 101 Å². The van der Waals surface area contributed by atoms with E-state index in [2.05, 4.69) is 34.6 Å². The second-order valence-corrected chi connectivity index (χ2v) is 7.94. The van der Waals surface area contributed by atoms with E-state index >= 15 is 0 Å². The highest BCUT2D eigenvalue weighted by Gasteiger charge is 2.28. The molecule has 5 rings (SSSR count). The largest absolute Gasteiger partial charge is 0.477 e. The Morgan fingerprint density at radius 1 is 0.970 bits per heavy atom. The Labute approximate surface area is 190 Å².